The lowest BCUT2D eigenvalue weighted by molar-refractivity contribution is -0.150. The molecule has 2 fully saturated rings. The smallest absolute Gasteiger partial charge is 0.330 e. The summed E-state index contributed by atoms with van der Waals surface area (Å²) in [6.45, 7) is 6.90. The van der Waals surface area contributed by atoms with Crippen LogP contribution in [0.2, 0.25) is 0 Å². The summed E-state index contributed by atoms with van der Waals surface area (Å²) in [5.41, 5.74) is 1.23. The predicted octanol–water partition coefficient (Wildman–Crippen LogP) is 8.88. The summed E-state index contributed by atoms with van der Waals surface area (Å²) in [5.74, 6) is 0.992. The molecule has 2 saturated carbocycles. The zero-order valence-corrected chi connectivity index (χ0v) is 26.4. The van der Waals surface area contributed by atoms with Gasteiger partial charge in [-0.2, -0.15) is 0 Å². The average Bonchev–Trinajstić information content (AvgIpc) is 3.03. The molecule has 0 amide bonds. The molecule has 0 saturated heterocycles. The first kappa shape index (κ1) is 30.7. The number of ether oxygens (including phenoxy) is 1. The van der Waals surface area contributed by atoms with Gasteiger partial charge in [-0.1, -0.05) is 137 Å². The average molecular weight is 583 g/mol. The normalized spacial score (nSPS) is 22.7. The Labute approximate surface area is 254 Å². The number of hydrogen-bond donors (Lipinski definition) is 0. The molecule has 3 aromatic carbocycles. The van der Waals surface area contributed by atoms with Crippen molar-refractivity contribution in [2.75, 3.05) is 0 Å². The van der Waals surface area contributed by atoms with Crippen LogP contribution in [0.15, 0.2) is 103 Å². The molecule has 4 atom stereocenters. The molecule has 42 heavy (non-hydrogen) atoms. The predicted molar refractivity (Wildman–Crippen MR) is 176 cm³/mol. The molecule has 3 nitrogen and oxygen atoms in total. The second-order valence-corrected chi connectivity index (χ2v) is 14.7. The number of carbonyl (C=O) groups is 1. The summed E-state index contributed by atoms with van der Waals surface area (Å²) in [4.78, 5) is 13.5. The molecule has 0 aromatic heterocycles. The fraction of sp³-hybridized carbons (Fsp3) is 0.447. The van der Waals surface area contributed by atoms with Crippen LogP contribution in [-0.4, -0.2) is 18.2 Å². The van der Waals surface area contributed by atoms with E-state index in [1.54, 1.807) is 6.08 Å². The van der Waals surface area contributed by atoms with Crippen LogP contribution in [0, 0.1) is 17.8 Å². The van der Waals surface area contributed by atoms with E-state index in [-0.39, 0.29) is 29.5 Å². The highest BCUT2D eigenvalue weighted by Gasteiger charge is 2.41. The number of rotatable bonds is 10. The first-order chi connectivity index (χ1) is 20.4. The molecule has 0 spiro atoms. The monoisotopic (exact) mass is 582 g/mol. The first-order valence-electron chi connectivity index (χ1n) is 15.9. The van der Waals surface area contributed by atoms with Gasteiger partial charge in [-0.05, 0) is 54.6 Å². The molecule has 2 aliphatic carbocycles. The molecule has 0 radical (unpaired) electrons. The highest BCUT2D eigenvalue weighted by molar-refractivity contribution is 7.68. The summed E-state index contributed by atoms with van der Waals surface area (Å²) in [6.07, 6.45) is 12.6. The highest BCUT2D eigenvalue weighted by atomic mass is 31.1. The molecule has 0 N–H and O–H groups in total. The van der Waals surface area contributed by atoms with Gasteiger partial charge < -0.3 is 9.26 Å². The Kier molecular flexibility index (Phi) is 10.7. The summed E-state index contributed by atoms with van der Waals surface area (Å²) in [7, 11) is -1.02. The molecule has 0 unspecified atom stereocenters. The Morgan fingerprint density at radius 3 is 1.98 bits per heavy atom. The van der Waals surface area contributed by atoms with Gasteiger partial charge in [0.2, 0.25) is 0 Å². The second kappa shape index (κ2) is 14.6. The van der Waals surface area contributed by atoms with Crippen LogP contribution in [-0.2, 0) is 19.5 Å². The molecule has 0 bridgehead atoms. The van der Waals surface area contributed by atoms with E-state index in [2.05, 4.69) is 112 Å². The Morgan fingerprint density at radius 1 is 0.810 bits per heavy atom. The van der Waals surface area contributed by atoms with Crippen molar-refractivity contribution >= 4 is 24.7 Å². The summed E-state index contributed by atoms with van der Waals surface area (Å²) < 4.78 is 13.3. The maximum atomic E-state index is 13.5. The van der Waals surface area contributed by atoms with Gasteiger partial charge in [0.05, 0.1) is 14.3 Å². The van der Waals surface area contributed by atoms with E-state index in [1.165, 1.54) is 41.9 Å². The molecule has 2 aliphatic rings. The van der Waals surface area contributed by atoms with Crippen LogP contribution in [0.4, 0.5) is 0 Å². The Hall–Kier alpha value is -2.74. The number of hydrogen-bond acceptors (Lipinski definition) is 3. The Morgan fingerprint density at radius 2 is 1.38 bits per heavy atom. The second-order valence-electron chi connectivity index (χ2n) is 12.9. The van der Waals surface area contributed by atoms with E-state index in [9.17, 15) is 4.79 Å². The highest BCUT2D eigenvalue weighted by Crippen LogP contribution is 2.44. The number of benzene rings is 3. The zero-order valence-electron chi connectivity index (χ0n) is 25.5. The quantitative estimate of drug-likeness (QED) is 0.136. The van der Waals surface area contributed by atoms with Crippen LogP contribution in [0.1, 0.15) is 77.7 Å². The lowest BCUT2D eigenvalue weighted by atomic mass is 9.64. The minimum Gasteiger partial charge on any atom is -0.459 e. The van der Waals surface area contributed by atoms with Gasteiger partial charge in [0.1, 0.15) is 6.10 Å². The van der Waals surface area contributed by atoms with E-state index in [0.717, 1.165) is 25.7 Å². The summed E-state index contributed by atoms with van der Waals surface area (Å²) >= 11 is 0. The Balaban J connectivity index is 1.35. The van der Waals surface area contributed by atoms with Gasteiger partial charge >= 0.3 is 5.97 Å². The van der Waals surface area contributed by atoms with E-state index in [4.69, 9.17) is 9.26 Å². The summed E-state index contributed by atoms with van der Waals surface area (Å²) in [5, 5.41) is 2.38. The van der Waals surface area contributed by atoms with E-state index >= 15 is 0 Å². The van der Waals surface area contributed by atoms with E-state index in [1.807, 2.05) is 6.08 Å². The molecule has 5 rings (SSSR count). The maximum absolute atomic E-state index is 13.5. The lowest BCUT2D eigenvalue weighted by Gasteiger charge is -2.43. The fourth-order valence-corrected chi connectivity index (χ4v) is 8.90. The third-order valence-electron chi connectivity index (χ3n) is 9.51. The molecular weight excluding hydrogens is 535 g/mol. The first-order valence-corrected chi connectivity index (χ1v) is 17.2. The van der Waals surface area contributed by atoms with Crippen LogP contribution in [0.5, 0.6) is 0 Å². The van der Waals surface area contributed by atoms with Gasteiger partial charge in [-0.15, -0.1) is 0 Å². The zero-order chi connectivity index (χ0) is 29.4. The van der Waals surface area contributed by atoms with E-state index in [0.29, 0.717) is 11.8 Å². The fourth-order valence-electron chi connectivity index (χ4n) is 6.99. The largest absolute Gasteiger partial charge is 0.459 e. The van der Waals surface area contributed by atoms with Crippen LogP contribution >= 0.6 is 8.15 Å². The van der Waals surface area contributed by atoms with Gasteiger partial charge in [-0.25, -0.2) is 4.79 Å². The third-order valence-corrected chi connectivity index (χ3v) is 11.5. The van der Waals surface area contributed by atoms with E-state index < -0.39 is 8.15 Å². The lowest BCUT2D eigenvalue weighted by Crippen LogP contribution is -2.43. The summed E-state index contributed by atoms with van der Waals surface area (Å²) in [6, 6.07) is 31.8. The third kappa shape index (κ3) is 7.80. The van der Waals surface area contributed by atoms with Crippen molar-refractivity contribution in [3.63, 3.8) is 0 Å². The van der Waals surface area contributed by atoms with Crippen molar-refractivity contribution in [2.45, 2.75) is 89.8 Å². The van der Waals surface area contributed by atoms with Crippen molar-refractivity contribution < 1.29 is 14.1 Å². The standard InChI is InChI=1S/C38H47O3P/c1-29-24-25-34(38(2,3)31-18-10-5-11-19-31)36(28-29)40-37(39)27-26-35(30-16-8-4-9-17-30)41-42(32-20-12-6-13-21-32)33-22-14-7-15-23-33/h5-7,10-15,18-23,26-27,29-30,34-36H,4,8-9,16-17,24-25,28H2,1-3H3/b27-26+/t29-,34-,35+,36-/m1/s1. The van der Waals surface area contributed by atoms with Gasteiger partial charge in [0, 0.05) is 22.6 Å². The van der Waals surface area contributed by atoms with Gasteiger partial charge in [0.25, 0.3) is 0 Å². The SMILES string of the molecule is C[C@@H]1CC[C@@H](C(C)(C)c2ccccc2)[C@H](OC(=O)/C=C/[C@H](OP(c2ccccc2)c2ccccc2)C2CCCCC2)C1. The van der Waals surface area contributed by atoms with Crippen molar-refractivity contribution in [3.8, 4) is 0 Å². The number of carbonyl (C=O) groups excluding carboxylic acids is 1. The maximum Gasteiger partial charge on any atom is 0.330 e. The Bertz CT molecular complexity index is 1230. The molecule has 3 aromatic rings. The minimum atomic E-state index is -1.02. The molecule has 0 heterocycles. The van der Waals surface area contributed by atoms with Crippen LogP contribution < -0.4 is 10.6 Å². The van der Waals surface area contributed by atoms with Crippen LogP contribution in [0.25, 0.3) is 0 Å². The topological polar surface area (TPSA) is 35.5 Å². The molecule has 4 heteroatoms. The minimum absolute atomic E-state index is 0.0784. The number of esters is 1. The van der Waals surface area contributed by atoms with Crippen molar-refractivity contribution in [2.24, 2.45) is 17.8 Å². The van der Waals surface area contributed by atoms with Crippen LogP contribution in [0.3, 0.4) is 0 Å². The molecule has 0 aliphatic heterocycles. The molecular formula is C38H47O3P. The van der Waals surface area contributed by atoms with Gasteiger partial charge in [0.15, 0.2) is 0 Å². The van der Waals surface area contributed by atoms with Crippen molar-refractivity contribution in [1.82, 2.24) is 0 Å². The molecule has 222 valence electrons. The van der Waals surface area contributed by atoms with Crippen molar-refractivity contribution in [1.29, 1.82) is 0 Å². The van der Waals surface area contributed by atoms with Gasteiger partial charge in [-0.3, -0.25) is 0 Å². The van der Waals surface area contributed by atoms with Crippen molar-refractivity contribution in [3.05, 3.63) is 109 Å².